The molecule has 0 atom stereocenters. The maximum absolute atomic E-state index is 5.14. The fraction of sp³-hybridized carbons (Fsp3) is 0.667. The summed E-state index contributed by atoms with van der Waals surface area (Å²) in [5.41, 5.74) is 0. The molecule has 0 aliphatic carbocycles. The van der Waals surface area contributed by atoms with Crippen molar-refractivity contribution >= 4 is 22.6 Å². The summed E-state index contributed by atoms with van der Waals surface area (Å²) >= 11 is 2.29. The molecule has 0 radical (unpaired) electrons. The van der Waals surface area contributed by atoms with E-state index in [0.29, 0.717) is 0 Å². The lowest BCUT2D eigenvalue weighted by Gasteiger charge is -1.99. The van der Waals surface area contributed by atoms with Gasteiger partial charge in [0, 0.05) is 4.43 Å². The molecular formula is C6H11IO. The van der Waals surface area contributed by atoms with Gasteiger partial charge >= 0.3 is 0 Å². The van der Waals surface area contributed by atoms with Crippen LogP contribution in [0, 0.1) is 0 Å². The third-order valence-electron chi connectivity index (χ3n) is 0.737. The van der Waals surface area contributed by atoms with E-state index in [4.69, 9.17) is 4.74 Å². The molecule has 0 heterocycles. The summed E-state index contributed by atoms with van der Waals surface area (Å²) in [5.74, 6) is 1.03. The monoisotopic (exact) mass is 226 g/mol. The molecule has 0 aliphatic heterocycles. The van der Waals surface area contributed by atoms with Crippen LogP contribution in [0.25, 0.3) is 0 Å². The summed E-state index contributed by atoms with van der Waals surface area (Å²) < 4.78 is 6.17. The average Bonchev–Trinajstić information content (AvgIpc) is 1.68. The predicted molar refractivity (Wildman–Crippen MR) is 44.3 cm³/mol. The maximum atomic E-state index is 5.14. The number of ether oxygens (including phenoxy) is 1. The van der Waals surface area contributed by atoms with Crippen molar-refractivity contribution in [2.75, 3.05) is 11.0 Å². The van der Waals surface area contributed by atoms with Crippen molar-refractivity contribution in [2.45, 2.75) is 13.8 Å². The molecule has 0 fully saturated rings. The summed E-state index contributed by atoms with van der Waals surface area (Å²) in [7, 11) is 0. The van der Waals surface area contributed by atoms with Crippen molar-refractivity contribution in [3.8, 4) is 0 Å². The van der Waals surface area contributed by atoms with Crippen molar-refractivity contribution in [3.05, 3.63) is 11.8 Å². The van der Waals surface area contributed by atoms with Gasteiger partial charge in [0.05, 0.1) is 12.4 Å². The number of alkyl halides is 1. The van der Waals surface area contributed by atoms with Crippen LogP contribution in [0.4, 0.5) is 0 Å². The summed E-state index contributed by atoms with van der Waals surface area (Å²) in [6, 6.07) is 0. The van der Waals surface area contributed by atoms with Crippen LogP contribution in [0.1, 0.15) is 13.8 Å². The van der Waals surface area contributed by atoms with Crippen LogP contribution >= 0.6 is 22.6 Å². The van der Waals surface area contributed by atoms with Gasteiger partial charge < -0.3 is 4.74 Å². The molecule has 2 heteroatoms. The normalized spacial score (nSPS) is 11.6. The predicted octanol–water partition coefficient (Wildman–Crippen LogP) is 2.36. The van der Waals surface area contributed by atoms with Crippen LogP contribution in [-0.2, 0) is 4.74 Å². The highest BCUT2D eigenvalue weighted by Gasteiger charge is 1.81. The third kappa shape index (κ3) is 4.43. The molecule has 0 amide bonds. The lowest BCUT2D eigenvalue weighted by molar-refractivity contribution is 0.231. The van der Waals surface area contributed by atoms with Gasteiger partial charge in [-0.1, -0.05) is 22.6 Å². The second-order valence-corrected chi connectivity index (χ2v) is 2.28. The molecule has 8 heavy (non-hydrogen) atoms. The van der Waals surface area contributed by atoms with Crippen LogP contribution in [0.5, 0.6) is 0 Å². The molecule has 0 aromatic heterocycles. The van der Waals surface area contributed by atoms with Gasteiger partial charge in [0.15, 0.2) is 0 Å². The maximum Gasteiger partial charge on any atom is 0.0896 e. The van der Waals surface area contributed by atoms with Gasteiger partial charge in [0.25, 0.3) is 0 Å². The Balaban J connectivity index is 3.29. The molecule has 1 nitrogen and oxygen atoms in total. The molecule has 0 saturated heterocycles. The zero-order chi connectivity index (χ0) is 6.41. The average molecular weight is 226 g/mol. The van der Waals surface area contributed by atoms with E-state index >= 15 is 0 Å². The summed E-state index contributed by atoms with van der Waals surface area (Å²) in [6.07, 6.45) is 2.06. The van der Waals surface area contributed by atoms with Crippen molar-refractivity contribution in [3.63, 3.8) is 0 Å². The smallest absolute Gasteiger partial charge is 0.0896 e. The number of allylic oxidation sites excluding steroid dienone is 2. The molecule has 0 spiro atoms. The fourth-order valence-electron chi connectivity index (χ4n) is 0.395. The lowest BCUT2D eigenvalue weighted by atomic mass is 10.5. The number of rotatable bonds is 3. The van der Waals surface area contributed by atoms with Gasteiger partial charge in [-0.2, -0.15) is 0 Å². The van der Waals surface area contributed by atoms with Crippen molar-refractivity contribution < 1.29 is 4.74 Å². The van der Waals surface area contributed by atoms with Crippen LogP contribution in [0.3, 0.4) is 0 Å². The molecule has 0 aromatic carbocycles. The number of hydrogen-bond donors (Lipinski definition) is 0. The largest absolute Gasteiger partial charge is 0.499 e. The van der Waals surface area contributed by atoms with Crippen LogP contribution < -0.4 is 0 Å². The third-order valence-corrected chi connectivity index (χ3v) is 1.18. The Morgan fingerprint density at radius 1 is 1.75 bits per heavy atom. The van der Waals surface area contributed by atoms with Crippen LogP contribution in [0.2, 0.25) is 0 Å². The fourth-order valence-corrected chi connectivity index (χ4v) is 1.02. The molecular weight excluding hydrogens is 215 g/mol. The molecule has 0 aromatic rings. The van der Waals surface area contributed by atoms with Crippen molar-refractivity contribution in [1.82, 2.24) is 0 Å². The standard InChI is InChI=1S/C6H11IO/c1-3-8-6(2)4-5-7/h4H,3,5H2,1-2H3. The van der Waals surface area contributed by atoms with E-state index in [9.17, 15) is 0 Å². The molecule has 0 N–H and O–H groups in total. The second-order valence-electron chi connectivity index (χ2n) is 1.40. The Kier molecular flexibility index (Phi) is 5.59. The first-order chi connectivity index (χ1) is 3.81. The molecule has 0 unspecified atom stereocenters. The van der Waals surface area contributed by atoms with Crippen LogP contribution in [0.15, 0.2) is 11.8 Å². The van der Waals surface area contributed by atoms with Gasteiger partial charge in [0.2, 0.25) is 0 Å². The molecule has 0 saturated carbocycles. The minimum absolute atomic E-state index is 0.777. The molecule has 0 rings (SSSR count). The molecule has 48 valence electrons. The van der Waals surface area contributed by atoms with E-state index < -0.39 is 0 Å². The van der Waals surface area contributed by atoms with Gasteiger partial charge in [-0.25, -0.2) is 0 Å². The van der Waals surface area contributed by atoms with Gasteiger partial charge in [0.1, 0.15) is 0 Å². The highest BCUT2D eigenvalue weighted by atomic mass is 127. The molecule has 0 bridgehead atoms. The SMILES string of the molecule is CCOC(C)=CCI. The van der Waals surface area contributed by atoms with E-state index in [1.54, 1.807) is 0 Å². The van der Waals surface area contributed by atoms with Crippen molar-refractivity contribution in [2.24, 2.45) is 0 Å². The first-order valence-corrected chi connectivity index (χ1v) is 4.19. The topological polar surface area (TPSA) is 9.23 Å². The van der Waals surface area contributed by atoms with E-state index in [-0.39, 0.29) is 0 Å². The summed E-state index contributed by atoms with van der Waals surface area (Å²) in [5, 5.41) is 0. The zero-order valence-corrected chi connectivity index (χ0v) is 7.44. The van der Waals surface area contributed by atoms with Gasteiger partial charge in [-0.3, -0.25) is 0 Å². The Labute approximate surface area is 64.2 Å². The van der Waals surface area contributed by atoms with E-state index in [1.165, 1.54) is 0 Å². The molecule has 0 aliphatic rings. The second kappa shape index (κ2) is 5.41. The van der Waals surface area contributed by atoms with Gasteiger partial charge in [-0.05, 0) is 19.9 Å². The van der Waals surface area contributed by atoms with Crippen molar-refractivity contribution in [1.29, 1.82) is 0 Å². The highest BCUT2D eigenvalue weighted by Crippen LogP contribution is 1.95. The number of hydrogen-bond acceptors (Lipinski definition) is 1. The first-order valence-electron chi connectivity index (χ1n) is 2.66. The Morgan fingerprint density at radius 2 is 2.38 bits per heavy atom. The summed E-state index contributed by atoms with van der Waals surface area (Å²) in [6.45, 7) is 4.74. The van der Waals surface area contributed by atoms with Gasteiger partial charge in [-0.15, -0.1) is 0 Å². The quantitative estimate of drug-likeness (QED) is 0.407. The minimum atomic E-state index is 0.777. The Bertz CT molecular complexity index is 78.6. The lowest BCUT2D eigenvalue weighted by Crippen LogP contribution is -1.85. The van der Waals surface area contributed by atoms with E-state index in [0.717, 1.165) is 16.8 Å². The minimum Gasteiger partial charge on any atom is -0.499 e. The van der Waals surface area contributed by atoms with Crippen LogP contribution in [-0.4, -0.2) is 11.0 Å². The summed E-state index contributed by atoms with van der Waals surface area (Å²) in [4.78, 5) is 0. The highest BCUT2D eigenvalue weighted by molar-refractivity contribution is 14.1. The zero-order valence-electron chi connectivity index (χ0n) is 5.28. The Hall–Kier alpha value is 0.270. The number of halogens is 1. The Morgan fingerprint density at radius 3 is 2.75 bits per heavy atom. The van der Waals surface area contributed by atoms with E-state index in [1.807, 2.05) is 13.8 Å². The van der Waals surface area contributed by atoms with E-state index in [2.05, 4.69) is 28.7 Å². The first kappa shape index (κ1) is 8.27.